The number of carboxylic acids is 1. The molecule has 0 saturated carbocycles. The van der Waals surface area contributed by atoms with Crippen LogP contribution in [0.15, 0.2) is 30.3 Å². The highest BCUT2D eigenvalue weighted by atomic mass is 16.4. The van der Waals surface area contributed by atoms with Crippen LogP contribution in [0.25, 0.3) is 5.57 Å². The van der Waals surface area contributed by atoms with Crippen molar-refractivity contribution in [3.8, 4) is 0 Å². The van der Waals surface area contributed by atoms with Crippen molar-refractivity contribution in [1.82, 2.24) is 0 Å². The predicted octanol–water partition coefficient (Wildman–Crippen LogP) is 2.49. The van der Waals surface area contributed by atoms with Crippen LogP contribution >= 0.6 is 0 Å². The van der Waals surface area contributed by atoms with Crippen molar-refractivity contribution in [3.63, 3.8) is 0 Å². The van der Waals surface area contributed by atoms with E-state index in [0.717, 1.165) is 30.4 Å². The molecule has 0 atom stereocenters. The minimum atomic E-state index is -0.850. The van der Waals surface area contributed by atoms with Gasteiger partial charge in [0.15, 0.2) is 0 Å². The molecule has 0 saturated heterocycles. The van der Waals surface area contributed by atoms with Crippen molar-refractivity contribution in [2.24, 2.45) is 0 Å². The van der Waals surface area contributed by atoms with Gasteiger partial charge in [0, 0.05) is 6.08 Å². The Kier molecular flexibility index (Phi) is 2.35. The average Bonchev–Trinajstić information content (AvgIpc) is 2.18. The Bertz CT molecular complexity index is 391. The molecule has 0 aliphatic heterocycles. The molecule has 0 fully saturated rings. The van der Waals surface area contributed by atoms with E-state index in [1.54, 1.807) is 0 Å². The average molecular weight is 188 g/mol. The Hall–Kier alpha value is -1.57. The van der Waals surface area contributed by atoms with Crippen molar-refractivity contribution in [2.75, 3.05) is 0 Å². The molecule has 0 radical (unpaired) electrons. The molecule has 1 N–H and O–H groups in total. The molecule has 14 heavy (non-hydrogen) atoms. The highest BCUT2D eigenvalue weighted by molar-refractivity contribution is 5.90. The van der Waals surface area contributed by atoms with E-state index in [9.17, 15) is 4.79 Å². The minimum Gasteiger partial charge on any atom is -0.478 e. The molecule has 1 aromatic carbocycles. The number of aryl methyl sites for hydroxylation is 1. The lowest BCUT2D eigenvalue weighted by Gasteiger charge is -2.17. The van der Waals surface area contributed by atoms with Gasteiger partial charge in [-0.05, 0) is 36.0 Å². The topological polar surface area (TPSA) is 37.3 Å². The van der Waals surface area contributed by atoms with E-state index in [1.807, 2.05) is 18.2 Å². The summed E-state index contributed by atoms with van der Waals surface area (Å²) < 4.78 is 0. The molecule has 1 aliphatic rings. The molecule has 2 nitrogen and oxygen atoms in total. The second-order valence-corrected chi connectivity index (χ2v) is 3.52. The number of fused-ring (bicyclic) bond motifs is 1. The molecule has 0 heterocycles. The molecule has 0 unspecified atom stereocenters. The van der Waals surface area contributed by atoms with E-state index in [-0.39, 0.29) is 0 Å². The van der Waals surface area contributed by atoms with Gasteiger partial charge in [-0.1, -0.05) is 24.3 Å². The summed E-state index contributed by atoms with van der Waals surface area (Å²) in [5.41, 5.74) is 3.34. The largest absolute Gasteiger partial charge is 0.478 e. The number of allylic oxidation sites excluding steroid dienone is 1. The number of benzene rings is 1. The van der Waals surface area contributed by atoms with Gasteiger partial charge in [0.2, 0.25) is 0 Å². The minimum absolute atomic E-state index is 0.850. The van der Waals surface area contributed by atoms with Crippen LogP contribution in [0.5, 0.6) is 0 Å². The first-order chi connectivity index (χ1) is 6.77. The van der Waals surface area contributed by atoms with Crippen molar-refractivity contribution >= 4 is 11.5 Å². The predicted molar refractivity (Wildman–Crippen MR) is 55.0 cm³/mol. The molecule has 0 spiro atoms. The van der Waals surface area contributed by atoms with Gasteiger partial charge in [-0.25, -0.2) is 4.79 Å². The fraction of sp³-hybridized carbons (Fsp3) is 0.250. The van der Waals surface area contributed by atoms with Crippen LogP contribution in [0.4, 0.5) is 0 Å². The molecule has 72 valence electrons. The van der Waals surface area contributed by atoms with Gasteiger partial charge in [-0.3, -0.25) is 0 Å². The SMILES string of the molecule is O=C(O)C=C1CCCc2ccccc21. The Balaban J connectivity index is 2.45. The van der Waals surface area contributed by atoms with Crippen molar-refractivity contribution in [2.45, 2.75) is 19.3 Å². The van der Waals surface area contributed by atoms with Crippen LogP contribution in [0, 0.1) is 0 Å². The fourth-order valence-corrected chi connectivity index (χ4v) is 1.95. The van der Waals surface area contributed by atoms with Gasteiger partial charge in [0.05, 0.1) is 0 Å². The van der Waals surface area contributed by atoms with E-state index in [4.69, 9.17) is 5.11 Å². The second-order valence-electron chi connectivity index (χ2n) is 3.52. The smallest absolute Gasteiger partial charge is 0.328 e. The summed E-state index contributed by atoms with van der Waals surface area (Å²) in [6, 6.07) is 8.04. The van der Waals surface area contributed by atoms with Gasteiger partial charge < -0.3 is 5.11 Å². The molecule has 2 rings (SSSR count). The van der Waals surface area contributed by atoms with Crippen molar-refractivity contribution < 1.29 is 9.90 Å². The van der Waals surface area contributed by atoms with Crippen LogP contribution in [0.1, 0.15) is 24.0 Å². The maximum atomic E-state index is 10.6. The summed E-state index contributed by atoms with van der Waals surface area (Å²) in [7, 11) is 0. The summed E-state index contributed by atoms with van der Waals surface area (Å²) in [6.45, 7) is 0. The summed E-state index contributed by atoms with van der Waals surface area (Å²) >= 11 is 0. The van der Waals surface area contributed by atoms with Gasteiger partial charge in [0.1, 0.15) is 0 Å². The zero-order valence-electron chi connectivity index (χ0n) is 7.86. The number of carboxylic acid groups (broad SMARTS) is 1. The molecule has 0 amide bonds. The number of rotatable bonds is 1. The van der Waals surface area contributed by atoms with Crippen molar-refractivity contribution in [3.05, 3.63) is 41.5 Å². The van der Waals surface area contributed by atoms with Gasteiger partial charge in [0.25, 0.3) is 0 Å². The van der Waals surface area contributed by atoms with Gasteiger partial charge in [-0.15, -0.1) is 0 Å². The van der Waals surface area contributed by atoms with Crippen molar-refractivity contribution in [1.29, 1.82) is 0 Å². The molecule has 1 aromatic rings. The Morgan fingerprint density at radius 2 is 2.07 bits per heavy atom. The van der Waals surface area contributed by atoms with Crippen LogP contribution in [0.3, 0.4) is 0 Å². The standard InChI is InChI=1S/C12H12O2/c13-12(14)8-10-6-3-5-9-4-1-2-7-11(9)10/h1-2,4,7-8H,3,5-6H2,(H,13,14). The third kappa shape index (κ3) is 1.69. The van der Waals surface area contributed by atoms with Crippen LogP contribution < -0.4 is 0 Å². The maximum absolute atomic E-state index is 10.6. The monoisotopic (exact) mass is 188 g/mol. The van der Waals surface area contributed by atoms with E-state index in [2.05, 4.69) is 6.07 Å². The normalized spacial score (nSPS) is 17.9. The Morgan fingerprint density at radius 3 is 2.86 bits per heavy atom. The molecule has 1 aliphatic carbocycles. The quantitative estimate of drug-likeness (QED) is 0.687. The first kappa shape index (κ1) is 9.00. The summed E-state index contributed by atoms with van der Waals surface area (Å²) in [5.74, 6) is -0.850. The Morgan fingerprint density at radius 1 is 1.29 bits per heavy atom. The van der Waals surface area contributed by atoms with Gasteiger partial charge in [-0.2, -0.15) is 0 Å². The first-order valence-electron chi connectivity index (χ1n) is 4.79. The van der Waals surface area contributed by atoms with E-state index < -0.39 is 5.97 Å². The molecular formula is C12H12O2. The second kappa shape index (κ2) is 3.66. The van der Waals surface area contributed by atoms with Crippen LogP contribution in [-0.2, 0) is 11.2 Å². The van der Waals surface area contributed by atoms with E-state index in [1.165, 1.54) is 11.6 Å². The zero-order valence-corrected chi connectivity index (χ0v) is 7.86. The van der Waals surface area contributed by atoms with Crippen LogP contribution in [0.2, 0.25) is 0 Å². The zero-order chi connectivity index (χ0) is 9.97. The fourth-order valence-electron chi connectivity index (χ4n) is 1.95. The van der Waals surface area contributed by atoms with E-state index >= 15 is 0 Å². The third-order valence-corrected chi connectivity index (χ3v) is 2.55. The maximum Gasteiger partial charge on any atom is 0.328 e. The number of hydrogen-bond donors (Lipinski definition) is 1. The highest BCUT2D eigenvalue weighted by Crippen LogP contribution is 2.30. The lowest BCUT2D eigenvalue weighted by atomic mass is 9.87. The number of hydrogen-bond acceptors (Lipinski definition) is 1. The molecule has 2 heteroatoms. The lowest BCUT2D eigenvalue weighted by Crippen LogP contribution is -2.03. The number of carbonyl (C=O) groups is 1. The van der Waals surface area contributed by atoms with E-state index in [0.29, 0.717) is 0 Å². The first-order valence-corrected chi connectivity index (χ1v) is 4.79. The highest BCUT2D eigenvalue weighted by Gasteiger charge is 2.13. The summed E-state index contributed by atoms with van der Waals surface area (Å²) in [6.07, 6.45) is 4.32. The third-order valence-electron chi connectivity index (χ3n) is 2.55. The summed E-state index contributed by atoms with van der Waals surface area (Å²) in [4.78, 5) is 10.6. The summed E-state index contributed by atoms with van der Waals surface area (Å²) in [5, 5.41) is 8.71. The van der Waals surface area contributed by atoms with Crippen LogP contribution in [-0.4, -0.2) is 11.1 Å². The lowest BCUT2D eigenvalue weighted by molar-refractivity contribution is -0.131. The van der Waals surface area contributed by atoms with Gasteiger partial charge >= 0.3 is 5.97 Å². The molecule has 0 aromatic heterocycles. The Labute approximate surface area is 82.9 Å². The molecular weight excluding hydrogens is 176 g/mol. The number of aliphatic carboxylic acids is 1. The molecule has 0 bridgehead atoms.